The molecule has 0 bridgehead atoms. The van der Waals surface area contributed by atoms with Gasteiger partial charge in [0.2, 0.25) is 0 Å². The molecule has 0 unspecified atom stereocenters. The molecule has 0 saturated heterocycles. The first kappa shape index (κ1) is 13.8. The van der Waals surface area contributed by atoms with Crippen molar-refractivity contribution in [1.82, 2.24) is 5.32 Å². The molecule has 1 aliphatic carbocycles. The molecule has 0 aliphatic heterocycles. The largest absolute Gasteiger partial charge is 0.399 e. The summed E-state index contributed by atoms with van der Waals surface area (Å²) in [5, 5.41) is 2.97. The zero-order chi connectivity index (χ0) is 11.5. The summed E-state index contributed by atoms with van der Waals surface area (Å²) in [4.78, 5) is 11.9. The van der Waals surface area contributed by atoms with Crippen molar-refractivity contribution in [3.63, 3.8) is 0 Å². The van der Waals surface area contributed by atoms with Gasteiger partial charge in [-0.3, -0.25) is 4.79 Å². The highest BCUT2D eigenvalue weighted by Gasteiger charge is 2.18. The number of carbonyl (C=O) groups is 1. The average molecular weight is 255 g/mol. The number of nitrogens with one attached hydrogen (secondary N) is 1. The molecule has 0 aromatic heterocycles. The molecule has 0 spiro atoms. The van der Waals surface area contributed by atoms with Crippen LogP contribution in [0.1, 0.15) is 35.2 Å². The Kier molecular flexibility index (Phi) is 4.82. The number of carbonyl (C=O) groups excluding carboxylic acids is 1. The van der Waals surface area contributed by atoms with E-state index in [0.29, 0.717) is 17.2 Å². The fourth-order valence-electron chi connectivity index (χ4n) is 1.91. The zero-order valence-corrected chi connectivity index (χ0v) is 10.8. The van der Waals surface area contributed by atoms with E-state index in [-0.39, 0.29) is 18.3 Å². The lowest BCUT2D eigenvalue weighted by atomic mass is 9.85. The molecule has 0 radical (unpaired) electrons. The predicted octanol–water partition coefficient (Wildman–Crippen LogP) is 2.53. The third-order valence-corrected chi connectivity index (χ3v) is 3.28. The van der Waals surface area contributed by atoms with Crippen LogP contribution in [0, 0.1) is 12.8 Å². The first-order valence-corrected chi connectivity index (χ1v) is 5.81. The third kappa shape index (κ3) is 3.37. The molecule has 2 rings (SSSR count). The van der Waals surface area contributed by atoms with Gasteiger partial charge >= 0.3 is 0 Å². The van der Waals surface area contributed by atoms with Gasteiger partial charge in [-0.05, 0) is 43.4 Å². The van der Waals surface area contributed by atoms with E-state index in [1.165, 1.54) is 19.3 Å². The van der Waals surface area contributed by atoms with Crippen molar-refractivity contribution < 1.29 is 4.79 Å². The summed E-state index contributed by atoms with van der Waals surface area (Å²) in [6, 6.07) is 5.44. The number of nitrogen functional groups attached to an aromatic ring is 1. The molecular formula is C13H19ClN2O. The van der Waals surface area contributed by atoms with Gasteiger partial charge in [0.1, 0.15) is 0 Å². The van der Waals surface area contributed by atoms with Crippen molar-refractivity contribution in [3.8, 4) is 0 Å². The topological polar surface area (TPSA) is 55.1 Å². The van der Waals surface area contributed by atoms with E-state index in [1.807, 2.05) is 19.1 Å². The Morgan fingerprint density at radius 1 is 1.47 bits per heavy atom. The molecule has 1 saturated carbocycles. The molecule has 1 aliphatic rings. The second kappa shape index (κ2) is 5.92. The normalized spacial score (nSPS) is 14.6. The number of aryl methyl sites for hydroxylation is 1. The van der Waals surface area contributed by atoms with Crippen LogP contribution in [-0.4, -0.2) is 12.5 Å². The summed E-state index contributed by atoms with van der Waals surface area (Å²) in [7, 11) is 0. The number of amides is 1. The van der Waals surface area contributed by atoms with E-state index >= 15 is 0 Å². The summed E-state index contributed by atoms with van der Waals surface area (Å²) in [5.74, 6) is 0.682. The van der Waals surface area contributed by atoms with Crippen LogP contribution in [0.3, 0.4) is 0 Å². The molecule has 4 heteroatoms. The number of halogens is 1. The number of anilines is 1. The first-order valence-electron chi connectivity index (χ1n) is 5.81. The number of benzene rings is 1. The van der Waals surface area contributed by atoms with Crippen molar-refractivity contribution >= 4 is 24.0 Å². The Bertz CT molecular complexity index is 402. The molecule has 1 amide bonds. The Labute approximate surface area is 108 Å². The van der Waals surface area contributed by atoms with Crippen molar-refractivity contribution in [2.24, 2.45) is 5.92 Å². The minimum Gasteiger partial charge on any atom is -0.399 e. The van der Waals surface area contributed by atoms with Crippen molar-refractivity contribution in [2.75, 3.05) is 12.3 Å². The molecule has 1 aromatic carbocycles. The minimum absolute atomic E-state index is 0. The lowest BCUT2D eigenvalue weighted by molar-refractivity contribution is 0.0938. The van der Waals surface area contributed by atoms with Gasteiger partial charge in [-0.15, -0.1) is 12.4 Å². The van der Waals surface area contributed by atoms with E-state index in [4.69, 9.17) is 5.73 Å². The predicted molar refractivity (Wildman–Crippen MR) is 72.5 cm³/mol. The molecule has 3 nitrogen and oxygen atoms in total. The van der Waals surface area contributed by atoms with Gasteiger partial charge in [0.15, 0.2) is 0 Å². The molecule has 94 valence electrons. The maximum atomic E-state index is 11.9. The van der Waals surface area contributed by atoms with Gasteiger partial charge in [-0.25, -0.2) is 0 Å². The maximum Gasteiger partial charge on any atom is 0.251 e. The minimum atomic E-state index is -0.00306. The Morgan fingerprint density at radius 3 is 2.76 bits per heavy atom. The quantitative estimate of drug-likeness (QED) is 0.815. The van der Waals surface area contributed by atoms with Crippen LogP contribution in [0.4, 0.5) is 5.69 Å². The van der Waals surface area contributed by atoms with E-state index < -0.39 is 0 Å². The lowest BCUT2D eigenvalue weighted by Gasteiger charge is -2.25. The average Bonchev–Trinajstić information content (AvgIpc) is 2.19. The fraction of sp³-hybridized carbons (Fsp3) is 0.462. The van der Waals surface area contributed by atoms with Crippen molar-refractivity contribution in [1.29, 1.82) is 0 Å². The fourth-order valence-corrected chi connectivity index (χ4v) is 1.91. The highest BCUT2D eigenvalue weighted by molar-refractivity contribution is 5.96. The number of hydrogen-bond donors (Lipinski definition) is 2. The first-order chi connectivity index (χ1) is 7.66. The summed E-state index contributed by atoms with van der Waals surface area (Å²) in [6.45, 7) is 2.73. The number of rotatable bonds is 3. The monoisotopic (exact) mass is 254 g/mol. The van der Waals surface area contributed by atoms with Gasteiger partial charge in [-0.1, -0.05) is 12.5 Å². The van der Waals surface area contributed by atoms with Crippen LogP contribution >= 0.6 is 12.4 Å². The number of hydrogen-bond acceptors (Lipinski definition) is 2. The molecular weight excluding hydrogens is 236 g/mol. The summed E-state index contributed by atoms with van der Waals surface area (Å²) < 4.78 is 0. The Hall–Kier alpha value is -1.22. The highest BCUT2D eigenvalue weighted by Crippen LogP contribution is 2.25. The van der Waals surface area contributed by atoms with Crippen LogP contribution in [0.5, 0.6) is 0 Å². The second-order valence-electron chi connectivity index (χ2n) is 4.58. The molecule has 0 heterocycles. The smallest absolute Gasteiger partial charge is 0.251 e. The molecule has 3 N–H and O–H groups in total. The van der Waals surface area contributed by atoms with Crippen LogP contribution in [-0.2, 0) is 0 Å². The summed E-state index contributed by atoms with van der Waals surface area (Å²) >= 11 is 0. The van der Waals surface area contributed by atoms with E-state index in [1.54, 1.807) is 6.07 Å². The number of nitrogens with two attached hydrogens (primary N) is 1. The highest BCUT2D eigenvalue weighted by atomic mass is 35.5. The van der Waals surface area contributed by atoms with Crippen LogP contribution in [0.15, 0.2) is 18.2 Å². The third-order valence-electron chi connectivity index (χ3n) is 3.28. The van der Waals surface area contributed by atoms with Crippen LogP contribution in [0.2, 0.25) is 0 Å². The van der Waals surface area contributed by atoms with E-state index in [2.05, 4.69) is 5.32 Å². The molecule has 1 fully saturated rings. The molecule has 17 heavy (non-hydrogen) atoms. The van der Waals surface area contributed by atoms with Crippen LogP contribution < -0.4 is 11.1 Å². The van der Waals surface area contributed by atoms with Gasteiger partial charge in [0, 0.05) is 17.8 Å². The zero-order valence-electron chi connectivity index (χ0n) is 10.0. The Balaban J connectivity index is 0.00000144. The molecule has 1 aromatic rings. The van der Waals surface area contributed by atoms with Gasteiger partial charge < -0.3 is 11.1 Å². The van der Waals surface area contributed by atoms with Gasteiger partial charge in [0.25, 0.3) is 5.91 Å². The Morgan fingerprint density at radius 2 is 2.18 bits per heavy atom. The SMILES string of the molecule is Cc1ccc(N)cc1C(=O)NCC1CCC1.Cl. The second-order valence-corrected chi connectivity index (χ2v) is 4.58. The summed E-state index contributed by atoms with van der Waals surface area (Å²) in [5.41, 5.74) is 7.98. The maximum absolute atomic E-state index is 11.9. The molecule has 0 atom stereocenters. The van der Waals surface area contributed by atoms with Crippen molar-refractivity contribution in [3.05, 3.63) is 29.3 Å². The van der Waals surface area contributed by atoms with E-state index in [0.717, 1.165) is 12.1 Å². The lowest BCUT2D eigenvalue weighted by Crippen LogP contribution is -2.32. The van der Waals surface area contributed by atoms with Gasteiger partial charge in [-0.2, -0.15) is 0 Å². The standard InChI is InChI=1S/C13H18N2O.ClH/c1-9-5-6-11(14)7-12(9)13(16)15-8-10-3-2-4-10;/h5-7,10H,2-4,8,14H2,1H3,(H,15,16);1H. The van der Waals surface area contributed by atoms with Gasteiger partial charge in [0.05, 0.1) is 0 Å². The van der Waals surface area contributed by atoms with Crippen LogP contribution in [0.25, 0.3) is 0 Å². The van der Waals surface area contributed by atoms with E-state index in [9.17, 15) is 4.79 Å². The van der Waals surface area contributed by atoms with Crippen molar-refractivity contribution in [2.45, 2.75) is 26.2 Å². The summed E-state index contributed by atoms with van der Waals surface area (Å²) in [6.07, 6.45) is 3.80.